The number of nitrogens with zero attached hydrogens (tertiary/aromatic N) is 3. The lowest BCUT2D eigenvalue weighted by atomic mass is 9.98. The van der Waals surface area contributed by atoms with Crippen LogP contribution in [0.5, 0.6) is 0 Å². The maximum Gasteiger partial charge on any atom is 0.284 e. The molecule has 0 saturated carbocycles. The van der Waals surface area contributed by atoms with Crippen LogP contribution < -0.4 is 5.32 Å². The molecule has 1 fully saturated rings. The van der Waals surface area contributed by atoms with E-state index in [1.54, 1.807) is 11.9 Å². The van der Waals surface area contributed by atoms with Crippen molar-refractivity contribution in [2.45, 2.75) is 12.8 Å². The number of anilines is 1. The van der Waals surface area contributed by atoms with Crippen LogP contribution in [0.3, 0.4) is 0 Å². The number of hydrogen-bond donors (Lipinski definition) is 2. The number of nitrogens with one attached hydrogen (secondary N) is 1. The molecule has 2 heterocycles. The van der Waals surface area contributed by atoms with Crippen LogP contribution in [-0.4, -0.2) is 52.9 Å². The number of aliphatic hydroxyl groups excluding tert-OH is 1. The first-order chi connectivity index (χ1) is 8.24. The maximum absolute atomic E-state index is 12.1. The van der Waals surface area contributed by atoms with Crippen LogP contribution in [-0.2, 0) is 0 Å². The zero-order chi connectivity index (χ0) is 12.3. The van der Waals surface area contributed by atoms with Crippen molar-refractivity contribution in [2.75, 3.05) is 32.1 Å². The van der Waals surface area contributed by atoms with Crippen molar-refractivity contribution in [1.82, 2.24) is 15.1 Å². The molecule has 1 saturated heterocycles. The van der Waals surface area contributed by atoms with E-state index in [1.807, 2.05) is 0 Å². The molecule has 1 aliphatic rings. The molecule has 17 heavy (non-hydrogen) atoms. The number of likely N-dealkylation sites (tertiary alicyclic amines) is 1. The van der Waals surface area contributed by atoms with E-state index < -0.39 is 0 Å². The number of aromatic nitrogens is 2. The quantitative estimate of drug-likeness (QED) is 0.819. The van der Waals surface area contributed by atoms with E-state index in [0.717, 1.165) is 12.8 Å². The molecule has 1 aliphatic heterocycles. The third-order valence-corrected chi connectivity index (χ3v) is 3.91. The number of carbonyl (C=O) groups is 1. The molecule has 0 atom stereocenters. The first-order valence-corrected chi connectivity index (χ1v) is 6.47. The molecule has 0 spiro atoms. The highest BCUT2D eigenvalue weighted by Gasteiger charge is 2.25. The fourth-order valence-corrected chi connectivity index (χ4v) is 2.53. The summed E-state index contributed by atoms with van der Waals surface area (Å²) >= 11 is 1.27. The van der Waals surface area contributed by atoms with E-state index in [2.05, 4.69) is 15.5 Å². The van der Waals surface area contributed by atoms with Crippen LogP contribution in [0.1, 0.15) is 22.6 Å². The molecule has 1 aromatic heterocycles. The molecular weight excluding hydrogens is 240 g/mol. The van der Waals surface area contributed by atoms with Gasteiger partial charge in [-0.25, -0.2) is 0 Å². The van der Waals surface area contributed by atoms with Crippen molar-refractivity contribution in [3.8, 4) is 0 Å². The second-order valence-electron chi connectivity index (χ2n) is 4.08. The van der Waals surface area contributed by atoms with Gasteiger partial charge < -0.3 is 15.3 Å². The average molecular weight is 256 g/mol. The van der Waals surface area contributed by atoms with Gasteiger partial charge in [-0.15, -0.1) is 10.2 Å². The summed E-state index contributed by atoms with van der Waals surface area (Å²) in [4.78, 5) is 13.9. The fraction of sp³-hybridized carbons (Fsp3) is 0.700. The Hall–Kier alpha value is -1.21. The minimum absolute atomic E-state index is 0.0552. The van der Waals surface area contributed by atoms with Crippen LogP contribution in [0.15, 0.2) is 0 Å². The summed E-state index contributed by atoms with van der Waals surface area (Å²) in [6.07, 6.45) is 1.72. The molecule has 0 radical (unpaired) electrons. The van der Waals surface area contributed by atoms with Gasteiger partial charge in [0.2, 0.25) is 10.1 Å². The molecular formula is C10H16N4O2S. The summed E-state index contributed by atoms with van der Waals surface area (Å²) in [6, 6.07) is 0. The lowest BCUT2D eigenvalue weighted by Gasteiger charge is -2.30. The van der Waals surface area contributed by atoms with Gasteiger partial charge >= 0.3 is 0 Å². The molecule has 7 heteroatoms. The maximum atomic E-state index is 12.1. The lowest BCUT2D eigenvalue weighted by Crippen LogP contribution is -2.39. The highest BCUT2D eigenvalue weighted by atomic mass is 32.1. The fourth-order valence-electron chi connectivity index (χ4n) is 1.86. The Labute approximate surface area is 104 Å². The summed E-state index contributed by atoms with van der Waals surface area (Å²) in [5, 5.41) is 20.7. The number of rotatable bonds is 3. The van der Waals surface area contributed by atoms with Gasteiger partial charge in [0.15, 0.2) is 0 Å². The SMILES string of the molecule is CNc1nnc(C(=O)N2CCC(CO)CC2)s1. The van der Waals surface area contributed by atoms with Crippen molar-refractivity contribution >= 4 is 22.4 Å². The average Bonchev–Trinajstić information content (AvgIpc) is 2.87. The van der Waals surface area contributed by atoms with Gasteiger partial charge in [0, 0.05) is 26.7 Å². The van der Waals surface area contributed by atoms with Gasteiger partial charge in [0.1, 0.15) is 0 Å². The van der Waals surface area contributed by atoms with E-state index in [9.17, 15) is 4.79 Å². The van der Waals surface area contributed by atoms with Gasteiger partial charge in [0.05, 0.1) is 0 Å². The topological polar surface area (TPSA) is 78.4 Å². The van der Waals surface area contributed by atoms with Gasteiger partial charge in [0.25, 0.3) is 5.91 Å². The van der Waals surface area contributed by atoms with Crippen LogP contribution in [0.2, 0.25) is 0 Å². The smallest absolute Gasteiger partial charge is 0.284 e. The second kappa shape index (κ2) is 5.42. The second-order valence-corrected chi connectivity index (χ2v) is 5.06. The molecule has 1 aromatic rings. The van der Waals surface area contributed by atoms with Crippen molar-refractivity contribution in [3.05, 3.63) is 5.01 Å². The Bertz CT molecular complexity index is 387. The summed E-state index contributed by atoms with van der Waals surface area (Å²) in [7, 11) is 1.75. The van der Waals surface area contributed by atoms with E-state index in [4.69, 9.17) is 5.11 Å². The molecule has 0 bridgehead atoms. The van der Waals surface area contributed by atoms with Gasteiger partial charge in [-0.3, -0.25) is 4.79 Å². The number of amides is 1. The normalized spacial score (nSPS) is 17.2. The zero-order valence-electron chi connectivity index (χ0n) is 9.72. The van der Waals surface area contributed by atoms with Crippen molar-refractivity contribution in [2.24, 2.45) is 5.92 Å². The molecule has 6 nitrogen and oxygen atoms in total. The van der Waals surface area contributed by atoms with Crippen LogP contribution in [0.4, 0.5) is 5.13 Å². The standard InChI is InChI=1S/C10H16N4O2S/c1-11-10-13-12-8(17-10)9(16)14-4-2-7(6-15)3-5-14/h7,15H,2-6H2,1H3,(H,11,13). The molecule has 0 aliphatic carbocycles. The minimum Gasteiger partial charge on any atom is -0.396 e. The first kappa shape index (κ1) is 12.3. The molecule has 1 amide bonds. The van der Waals surface area contributed by atoms with Gasteiger partial charge in [-0.1, -0.05) is 11.3 Å². The third kappa shape index (κ3) is 2.73. The van der Waals surface area contributed by atoms with E-state index in [0.29, 0.717) is 29.1 Å². The Kier molecular flexibility index (Phi) is 3.90. The molecule has 0 unspecified atom stereocenters. The van der Waals surface area contributed by atoms with Crippen LogP contribution in [0.25, 0.3) is 0 Å². The van der Waals surface area contributed by atoms with E-state index in [-0.39, 0.29) is 12.5 Å². The summed E-state index contributed by atoms with van der Waals surface area (Å²) in [5.41, 5.74) is 0. The Balaban J connectivity index is 1.96. The highest BCUT2D eigenvalue weighted by Crippen LogP contribution is 2.21. The Morgan fingerprint density at radius 3 is 2.76 bits per heavy atom. The summed E-state index contributed by atoms with van der Waals surface area (Å²) < 4.78 is 0. The van der Waals surface area contributed by atoms with Crippen molar-refractivity contribution in [3.63, 3.8) is 0 Å². The number of aliphatic hydroxyl groups is 1. The molecule has 0 aromatic carbocycles. The summed E-state index contributed by atoms with van der Waals surface area (Å²) in [6.45, 7) is 1.60. The minimum atomic E-state index is -0.0552. The summed E-state index contributed by atoms with van der Waals surface area (Å²) in [5.74, 6) is 0.279. The monoisotopic (exact) mass is 256 g/mol. The van der Waals surface area contributed by atoms with E-state index in [1.165, 1.54) is 11.3 Å². The zero-order valence-corrected chi connectivity index (χ0v) is 10.5. The van der Waals surface area contributed by atoms with E-state index >= 15 is 0 Å². The Morgan fingerprint density at radius 2 is 2.24 bits per heavy atom. The largest absolute Gasteiger partial charge is 0.396 e. The highest BCUT2D eigenvalue weighted by molar-refractivity contribution is 7.17. The van der Waals surface area contributed by atoms with Crippen LogP contribution in [0, 0.1) is 5.92 Å². The molecule has 94 valence electrons. The Morgan fingerprint density at radius 1 is 1.53 bits per heavy atom. The molecule has 2 N–H and O–H groups in total. The number of carbonyl (C=O) groups excluding carboxylic acids is 1. The van der Waals surface area contributed by atoms with Gasteiger partial charge in [-0.05, 0) is 18.8 Å². The third-order valence-electron chi connectivity index (χ3n) is 2.98. The predicted octanol–water partition coefficient (Wildman–Crippen LogP) is 0.424. The van der Waals surface area contributed by atoms with Crippen molar-refractivity contribution in [1.29, 1.82) is 0 Å². The molecule has 2 rings (SSSR count). The number of hydrogen-bond acceptors (Lipinski definition) is 6. The van der Waals surface area contributed by atoms with Crippen molar-refractivity contribution < 1.29 is 9.90 Å². The number of piperidine rings is 1. The lowest BCUT2D eigenvalue weighted by molar-refractivity contribution is 0.0649. The van der Waals surface area contributed by atoms with Crippen LogP contribution >= 0.6 is 11.3 Å². The van der Waals surface area contributed by atoms with Gasteiger partial charge in [-0.2, -0.15) is 0 Å². The predicted molar refractivity (Wildman–Crippen MR) is 65.2 cm³/mol. The first-order valence-electron chi connectivity index (χ1n) is 5.66.